The van der Waals surface area contributed by atoms with E-state index in [4.69, 9.17) is 22.0 Å². The second kappa shape index (κ2) is 11.1. The van der Waals surface area contributed by atoms with E-state index in [-0.39, 0.29) is 5.41 Å². The van der Waals surface area contributed by atoms with Crippen LogP contribution in [0, 0.1) is 0 Å². The van der Waals surface area contributed by atoms with E-state index in [1.165, 1.54) is 10.4 Å². The Morgan fingerprint density at radius 1 is 0.900 bits per heavy atom. The van der Waals surface area contributed by atoms with E-state index in [0.717, 1.165) is 16.8 Å². The van der Waals surface area contributed by atoms with E-state index >= 15 is 0 Å². The van der Waals surface area contributed by atoms with Crippen LogP contribution < -0.4 is 10.4 Å². The first-order chi connectivity index (χ1) is 13.6. The van der Waals surface area contributed by atoms with Gasteiger partial charge in [0, 0.05) is 11.8 Å². The van der Waals surface area contributed by atoms with Gasteiger partial charge in [-0.25, -0.2) is 0 Å². The van der Waals surface area contributed by atoms with Gasteiger partial charge < -0.3 is 5.11 Å². The third kappa shape index (κ3) is 8.39. The van der Waals surface area contributed by atoms with Gasteiger partial charge in [0.15, 0.2) is 0 Å². The molecule has 7 heteroatoms. The summed E-state index contributed by atoms with van der Waals surface area (Å²) in [7, 11) is 7.01. The molecule has 0 aromatic heterocycles. The number of para-hydroxylation sites is 1. The van der Waals surface area contributed by atoms with Crippen LogP contribution in [-0.4, -0.2) is 27.5 Å². The normalized spacial score (nSPS) is 12.5. The van der Waals surface area contributed by atoms with E-state index in [2.05, 4.69) is 78.3 Å². The molecule has 2 aromatic carbocycles. The molecule has 0 amide bonds. The average Bonchev–Trinajstić information content (AvgIpc) is 2.59. The molecule has 0 bridgehead atoms. The summed E-state index contributed by atoms with van der Waals surface area (Å²) in [6.07, 6.45) is 1.81. The molecule has 0 heterocycles. The quantitative estimate of drug-likeness (QED) is 0.321. The molecule has 30 heavy (non-hydrogen) atoms. The number of aromatic hydroxyl groups is 1. The Bertz CT molecular complexity index is 850. The fourth-order valence-corrected chi connectivity index (χ4v) is 5.45. The summed E-state index contributed by atoms with van der Waals surface area (Å²) in [4.78, 5) is 4.77. The molecule has 0 atom stereocenters. The van der Waals surface area contributed by atoms with Crippen LogP contribution in [-0.2, 0) is 26.3 Å². The fraction of sp³-hybridized carbons (Fsp3) is 0.435. The number of hydrogen-bond acceptors (Lipinski definition) is 2. The molecule has 2 nitrogen and oxygen atoms in total. The molecule has 0 aliphatic carbocycles. The molecule has 0 fully saturated rings. The number of hydrogen-bond donors (Lipinski definition) is 1. The number of aliphatic imine (C=N–C) groups is 1. The molecule has 0 spiro atoms. The number of rotatable bonds is 4. The zero-order chi connectivity index (χ0) is 23.3. The van der Waals surface area contributed by atoms with Crippen LogP contribution in [0.25, 0.3) is 0 Å². The first-order valence-electron chi connectivity index (χ1n) is 10.1. The number of phenolic OH excluding ortho intramolecular Hbond substituents is 1. The summed E-state index contributed by atoms with van der Waals surface area (Å²) >= 11 is -0.826. The molecule has 2 aromatic rings. The van der Waals surface area contributed by atoms with E-state index in [1.54, 1.807) is 0 Å². The summed E-state index contributed by atoms with van der Waals surface area (Å²) in [5.74, 6) is 0.334. The predicted molar refractivity (Wildman–Crippen MR) is 138 cm³/mol. The van der Waals surface area contributed by atoms with Crippen LogP contribution in [0.15, 0.2) is 41.4 Å². The Hall–Kier alpha value is -0.193. The van der Waals surface area contributed by atoms with Crippen molar-refractivity contribution in [2.45, 2.75) is 65.5 Å². The van der Waals surface area contributed by atoms with Gasteiger partial charge in [-0.05, 0) is 29.2 Å². The molecule has 0 saturated carbocycles. The van der Waals surface area contributed by atoms with Crippen molar-refractivity contribution in [2.75, 3.05) is 0 Å². The Morgan fingerprint density at radius 3 is 1.77 bits per heavy atom. The standard InChI is InChI=1S/C23H35NOSi2.2ClH.Zr/c1-23(2,3)21-12-10-11-17(22(21)25)16-24-18-13-19(26(4,5)6)15-20(14-18)27(7,8)9;;;/h10-16,25H,1-9H3;2*1H;/q;;;+2/p-2. The molecule has 0 unspecified atom stereocenters. The van der Waals surface area contributed by atoms with Gasteiger partial charge in [-0.2, -0.15) is 0 Å². The summed E-state index contributed by atoms with van der Waals surface area (Å²) in [5.41, 5.74) is 2.62. The third-order valence-electron chi connectivity index (χ3n) is 4.88. The van der Waals surface area contributed by atoms with E-state index in [0.29, 0.717) is 5.75 Å². The topological polar surface area (TPSA) is 32.6 Å². The molecule has 0 saturated heterocycles. The molecular formula is C23H35Cl2NOSi2Zr. The van der Waals surface area contributed by atoms with Gasteiger partial charge in [-0.3, -0.25) is 4.99 Å². The van der Waals surface area contributed by atoms with Gasteiger partial charge >= 0.3 is 37.9 Å². The predicted octanol–water partition coefficient (Wildman–Crippen LogP) is 6.91. The van der Waals surface area contributed by atoms with Crippen molar-refractivity contribution in [3.63, 3.8) is 0 Å². The van der Waals surface area contributed by atoms with E-state index in [9.17, 15) is 5.11 Å². The number of nitrogens with zero attached hydrogens (tertiary/aromatic N) is 1. The van der Waals surface area contributed by atoms with Crippen molar-refractivity contribution in [1.82, 2.24) is 0 Å². The van der Waals surface area contributed by atoms with Gasteiger partial charge in [-0.15, -0.1) is 0 Å². The first kappa shape index (κ1) is 27.8. The Balaban J connectivity index is 0.00000141. The zero-order valence-electron chi connectivity index (χ0n) is 19.7. The molecule has 1 N–H and O–H groups in total. The van der Waals surface area contributed by atoms with Crippen LogP contribution >= 0.6 is 17.0 Å². The minimum atomic E-state index is -1.43. The minimum absolute atomic E-state index is 0.101. The van der Waals surface area contributed by atoms with Gasteiger partial charge in [-0.1, -0.05) is 88.6 Å². The Kier molecular flexibility index (Phi) is 10.3. The monoisotopic (exact) mass is 557 g/mol. The zero-order valence-corrected chi connectivity index (χ0v) is 25.7. The van der Waals surface area contributed by atoms with E-state index in [1.807, 2.05) is 24.4 Å². The fourth-order valence-electron chi connectivity index (χ4n) is 2.97. The molecule has 2 rings (SSSR count). The summed E-state index contributed by atoms with van der Waals surface area (Å²) in [5, 5.41) is 13.6. The third-order valence-corrected chi connectivity index (χ3v) is 8.92. The van der Waals surface area contributed by atoms with Crippen molar-refractivity contribution >= 4 is 55.4 Å². The van der Waals surface area contributed by atoms with Gasteiger partial charge in [0.05, 0.1) is 21.8 Å². The Labute approximate surface area is 203 Å². The van der Waals surface area contributed by atoms with Crippen molar-refractivity contribution in [1.29, 1.82) is 0 Å². The SMILES string of the molecule is CC(C)(C)c1cccc(C=Nc2cc([Si](C)(C)C)cc([Si](C)(C)C)c2)c1O.[Cl][Zr][Cl]. The van der Waals surface area contributed by atoms with Crippen molar-refractivity contribution in [3.8, 4) is 5.75 Å². The summed E-state index contributed by atoms with van der Waals surface area (Å²) in [6, 6.07) is 12.8. The molecule has 0 radical (unpaired) electrons. The van der Waals surface area contributed by atoms with Gasteiger partial charge in [0.2, 0.25) is 0 Å². The summed E-state index contributed by atoms with van der Waals surface area (Å²) in [6.45, 7) is 20.6. The molecular weight excluding hydrogens is 525 g/mol. The molecule has 164 valence electrons. The maximum absolute atomic E-state index is 10.7. The first-order valence-corrected chi connectivity index (χ1v) is 23.4. The molecule has 0 aliphatic heterocycles. The summed E-state index contributed by atoms with van der Waals surface area (Å²) < 4.78 is 0. The van der Waals surface area contributed by atoms with Crippen LogP contribution in [0.5, 0.6) is 5.75 Å². The van der Waals surface area contributed by atoms with Crippen molar-refractivity contribution in [2.24, 2.45) is 4.99 Å². The average molecular weight is 560 g/mol. The van der Waals surface area contributed by atoms with Crippen molar-refractivity contribution < 1.29 is 26.0 Å². The van der Waals surface area contributed by atoms with Crippen LogP contribution in [0.4, 0.5) is 5.69 Å². The van der Waals surface area contributed by atoms with Crippen LogP contribution in [0.3, 0.4) is 0 Å². The van der Waals surface area contributed by atoms with Gasteiger partial charge in [0.1, 0.15) is 5.75 Å². The number of halogens is 2. The Morgan fingerprint density at radius 2 is 1.37 bits per heavy atom. The van der Waals surface area contributed by atoms with Gasteiger partial charge in [0.25, 0.3) is 0 Å². The van der Waals surface area contributed by atoms with Crippen LogP contribution in [0.1, 0.15) is 31.9 Å². The van der Waals surface area contributed by atoms with Crippen molar-refractivity contribution in [3.05, 3.63) is 47.5 Å². The van der Waals surface area contributed by atoms with Crippen LogP contribution in [0.2, 0.25) is 39.3 Å². The maximum atomic E-state index is 10.7. The molecule has 0 aliphatic rings. The second-order valence-electron chi connectivity index (χ2n) is 10.6. The van der Waals surface area contributed by atoms with E-state index < -0.39 is 37.0 Å². The second-order valence-corrected chi connectivity index (χ2v) is 24.5. The number of phenols is 1. The number of benzene rings is 2.